The van der Waals surface area contributed by atoms with Crippen molar-refractivity contribution < 1.29 is 18.3 Å². The number of pyridine rings is 1. The number of hydrogen-bond donors (Lipinski definition) is 0. The van der Waals surface area contributed by atoms with Gasteiger partial charge in [-0.2, -0.15) is 5.10 Å². The Balaban J connectivity index is 1.40. The van der Waals surface area contributed by atoms with Crippen molar-refractivity contribution in [1.82, 2.24) is 14.9 Å². The maximum absolute atomic E-state index is 13.5. The Hall–Kier alpha value is -3.03. The topological polar surface area (TPSA) is 58.0 Å². The number of nitrogens with zero attached hydrogens (tertiary/aromatic N) is 4. The normalized spacial score (nSPS) is 20.5. The van der Waals surface area contributed by atoms with Crippen LogP contribution in [0.25, 0.3) is 0 Å². The zero-order chi connectivity index (χ0) is 19.0. The van der Waals surface area contributed by atoms with Crippen LogP contribution in [0, 0.1) is 11.6 Å². The molecular formula is C19H18F2N4O2. The van der Waals surface area contributed by atoms with Crippen molar-refractivity contribution in [1.29, 1.82) is 0 Å². The first-order chi connectivity index (χ1) is 12.9. The fourth-order valence-electron chi connectivity index (χ4n) is 3.38. The second-order valence-corrected chi connectivity index (χ2v) is 6.98. The van der Waals surface area contributed by atoms with Crippen molar-refractivity contribution in [3.05, 3.63) is 59.9 Å². The number of ether oxygens (including phenoxy) is 1. The Bertz CT molecular complexity index is 882. The quantitative estimate of drug-likeness (QED) is 0.830. The predicted octanol–water partition coefficient (Wildman–Crippen LogP) is 3.37. The van der Waals surface area contributed by atoms with E-state index in [1.54, 1.807) is 29.4 Å². The van der Waals surface area contributed by atoms with Gasteiger partial charge in [0.25, 0.3) is 0 Å². The highest BCUT2D eigenvalue weighted by atomic mass is 19.1. The Morgan fingerprint density at radius 3 is 2.63 bits per heavy atom. The summed E-state index contributed by atoms with van der Waals surface area (Å²) in [5, 5.41) is 5.51. The molecule has 1 aromatic heterocycles. The summed E-state index contributed by atoms with van der Waals surface area (Å²) >= 11 is 0. The Labute approximate surface area is 155 Å². The van der Waals surface area contributed by atoms with Crippen LogP contribution < -0.4 is 4.74 Å². The molecule has 4 rings (SSSR count). The molecule has 2 amide bonds. The largest absolute Gasteiger partial charge is 0.484 e. The monoisotopic (exact) mass is 372 g/mol. The van der Waals surface area contributed by atoms with Gasteiger partial charge < -0.3 is 9.64 Å². The first-order valence-corrected chi connectivity index (χ1v) is 8.59. The van der Waals surface area contributed by atoms with Crippen LogP contribution in [0.1, 0.15) is 24.9 Å². The maximum atomic E-state index is 13.5. The molecule has 1 fully saturated rings. The highest BCUT2D eigenvalue weighted by Gasteiger charge is 2.46. The summed E-state index contributed by atoms with van der Waals surface area (Å²) in [5.41, 5.74) is 0.0546. The number of hydrogen-bond acceptors (Lipinski definition) is 4. The van der Waals surface area contributed by atoms with Crippen LogP contribution >= 0.6 is 0 Å². The number of hydrazone groups is 1. The molecule has 0 aliphatic carbocycles. The molecule has 0 N–H and O–H groups in total. The van der Waals surface area contributed by atoms with E-state index in [2.05, 4.69) is 10.1 Å². The van der Waals surface area contributed by atoms with Gasteiger partial charge in [-0.3, -0.25) is 4.98 Å². The molecule has 0 saturated carbocycles. The minimum atomic E-state index is -0.549. The van der Waals surface area contributed by atoms with Gasteiger partial charge in [-0.25, -0.2) is 18.6 Å². The first kappa shape index (κ1) is 17.4. The number of halogens is 2. The zero-order valence-electron chi connectivity index (χ0n) is 14.7. The van der Waals surface area contributed by atoms with Crippen molar-refractivity contribution in [3.63, 3.8) is 0 Å². The minimum Gasteiger partial charge on any atom is -0.484 e. The maximum Gasteiger partial charge on any atom is 0.341 e. The van der Waals surface area contributed by atoms with Crippen LogP contribution in [0.4, 0.5) is 13.6 Å². The standard InChI is InChI=1S/C19H18F2N4O2/c1-19(27-16-4-2-14(20)3-5-16)11-24(12-19)18(26)25-17(6-7-23-25)13-8-15(21)10-22-9-13/h2-5,7-10,17H,6,11-12H2,1H3/t17-/m0/s1. The molecule has 6 nitrogen and oxygen atoms in total. The van der Waals surface area contributed by atoms with Gasteiger partial charge in [0.2, 0.25) is 0 Å². The summed E-state index contributed by atoms with van der Waals surface area (Å²) in [5.74, 6) is -0.229. The third-order valence-corrected chi connectivity index (χ3v) is 4.64. The fourth-order valence-corrected chi connectivity index (χ4v) is 3.38. The Morgan fingerprint density at radius 2 is 1.93 bits per heavy atom. The van der Waals surface area contributed by atoms with E-state index >= 15 is 0 Å². The van der Waals surface area contributed by atoms with Crippen molar-refractivity contribution >= 4 is 12.2 Å². The van der Waals surface area contributed by atoms with Gasteiger partial charge in [0.15, 0.2) is 0 Å². The second kappa shape index (κ2) is 6.61. The lowest BCUT2D eigenvalue weighted by Gasteiger charge is -2.48. The highest BCUT2D eigenvalue weighted by Crippen LogP contribution is 2.33. The SMILES string of the molecule is CC1(Oc2ccc(F)cc2)CN(C(=O)N2N=CC[C@H]2c2cncc(F)c2)C1. The van der Waals surface area contributed by atoms with E-state index in [0.717, 1.165) is 6.20 Å². The molecule has 0 radical (unpaired) electrons. The summed E-state index contributed by atoms with van der Waals surface area (Å²) in [6.07, 6.45) is 4.81. The third kappa shape index (κ3) is 3.47. The fraction of sp³-hybridized carbons (Fsp3) is 0.316. The van der Waals surface area contributed by atoms with Gasteiger partial charge in [0.1, 0.15) is 23.0 Å². The molecule has 3 heterocycles. The molecule has 2 aliphatic heterocycles. The lowest BCUT2D eigenvalue weighted by molar-refractivity contribution is -0.0482. The average Bonchev–Trinajstić information content (AvgIpc) is 3.11. The zero-order valence-corrected chi connectivity index (χ0v) is 14.7. The number of rotatable bonds is 3. The molecular weight excluding hydrogens is 354 g/mol. The van der Waals surface area contributed by atoms with Crippen molar-refractivity contribution in [2.24, 2.45) is 5.10 Å². The molecule has 0 spiro atoms. The van der Waals surface area contributed by atoms with Gasteiger partial charge >= 0.3 is 6.03 Å². The molecule has 8 heteroatoms. The molecule has 140 valence electrons. The van der Waals surface area contributed by atoms with E-state index in [1.165, 1.54) is 23.2 Å². The van der Waals surface area contributed by atoms with Crippen LogP contribution in [-0.4, -0.2) is 45.8 Å². The molecule has 27 heavy (non-hydrogen) atoms. The molecule has 0 unspecified atom stereocenters. The summed E-state index contributed by atoms with van der Waals surface area (Å²) < 4.78 is 32.3. The van der Waals surface area contributed by atoms with Crippen LogP contribution in [0.5, 0.6) is 5.75 Å². The van der Waals surface area contributed by atoms with E-state index in [-0.39, 0.29) is 17.9 Å². The summed E-state index contributed by atoms with van der Waals surface area (Å²) in [6.45, 7) is 2.65. The summed E-state index contributed by atoms with van der Waals surface area (Å²) in [4.78, 5) is 18.3. The second-order valence-electron chi connectivity index (χ2n) is 6.98. The summed E-state index contributed by atoms with van der Waals surface area (Å²) in [7, 11) is 0. The molecule has 2 aromatic rings. The van der Waals surface area contributed by atoms with Gasteiger partial charge in [0, 0.05) is 18.8 Å². The van der Waals surface area contributed by atoms with Gasteiger partial charge in [-0.15, -0.1) is 0 Å². The number of benzene rings is 1. The number of carbonyl (C=O) groups excluding carboxylic acids is 1. The molecule has 2 aliphatic rings. The molecule has 1 aromatic carbocycles. The molecule has 1 atom stereocenters. The van der Waals surface area contributed by atoms with Crippen molar-refractivity contribution in [3.8, 4) is 5.75 Å². The van der Waals surface area contributed by atoms with E-state index in [9.17, 15) is 13.6 Å². The first-order valence-electron chi connectivity index (χ1n) is 8.59. The predicted molar refractivity (Wildman–Crippen MR) is 94.3 cm³/mol. The lowest BCUT2D eigenvalue weighted by atomic mass is 9.96. The van der Waals surface area contributed by atoms with E-state index in [0.29, 0.717) is 30.8 Å². The van der Waals surface area contributed by atoms with Gasteiger partial charge in [-0.05, 0) is 42.8 Å². The Kier molecular flexibility index (Phi) is 4.25. The number of carbonyl (C=O) groups is 1. The molecule has 0 bridgehead atoms. The minimum absolute atomic E-state index is 0.266. The van der Waals surface area contributed by atoms with E-state index in [1.807, 2.05) is 6.92 Å². The lowest BCUT2D eigenvalue weighted by Crippen LogP contribution is -2.66. The van der Waals surface area contributed by atoms with Gasteiger partial charge in [0.05, 0.1) is 25.3 Å². The van der Waals surface area contributed by atoms with E-state index < -0.39 is 11.4 Å². The van der Waals surface area contributed by atoms with Gasteiger partial charge in [-0.1, -0.05) is 0 Å². The number of urea groups is 1. The number of likely N-dealkylation sites (tertiary alicyclic amines) is 1. The molecule has 1 saturated heterocycles. The van der Waals surface area contributed by atoms with Crippen LogP contribution in [0.3, 0.4) is 0 Å². The third-order valence-electron chi connectivity index (χ3n) is 4.64. The van der Waals surface area contributed by atoms with Crippen LogP contribution in [0.2, 0.25) is 0 Å². The number of aromatic nitrogens is 1. The Morgan fingerprint density at radius 1 is 1.19 bits per heavy atom. The summed E-state index contributed by atoms with van der Waals surface area (Å²) in [6, 6.07) is 6.51. The van der Waals surface area contributed by atoms with Crippen LogP contribution in [-0.2, 0) is 0 Å². The van der Waals surface area contributed by atoms with E-state index in [4.69, 9.17) is 4.74 Å². The average molecular weight is 372 g/mol. The number of amides is 2. The van der Waals surface area contributed by atoms with Crippen molar-refractivity contribution in [2.75, 3.05) is 13.1 Å². The van der Waals surface area contributed by atoms with Crippen LogP contribution in [0.15, 0.2) is 47.8 Å². The van der Waals surface area contributed by atoms with Crippen molar-refractivity contribution in [2.45, 2.75) is 25.0 Å². The highest BCUT2D eigenvalue weighted by molar-refractivity contribution is 5.79. The smallest absolute Gasteiger partial charge is 0.341 e.